The highest BCUT2D eigenvalue weighted by atomic mass is 15.1. The van der Waals surface area contributed by atoms with Crippen LogP contribution in [0.4, 0.5) is 17.1 Å². The molecule has 0 bridgehead atoms. The molecule has 0 radical (unpaired) electrons. The van der Waals surface area contributed by atoms with E-state index < -0.39 is 5.41 Å². The second-order valence-electron chi connectivity index (χ2n) is 16.8. The minimum atomic E-state index is -0.448. The van der Waals surface area contributed by atoms with E-state index in [1.807, 2.05) is 0 Å². The molecule has 1 heteroatoms. The van der Waals surface area contributed by atoms with Gasteiger partial charge >= 0.3 is 0 Å². The average Bonchev–Trinajstić information content (AvgIpc) is 3.85. The van der Waals surface area contributed by atoms with Crippen molar-refractivity contribution >= 4 is 17.1 Å². The molecule has 3 aliphatic carbocycles. The average molecular weight is 752 g/mol. The van der Waals surface area contributed by atoms with E-state index in [2.05, 4.69) is 231 Å². The van der Waals surface area contributed by atoms with E-state index in [1.165, 1.54) is 89.0 Å². The number of nitrogens with zero attached hydrogens (tertiary/aromatic N) is 1. The summed E-state index contributed by atoms with van der Waals surface area (Å²) < 4.78 is 0. The number of benzene rings is 9. The minimum absolute atomic E-state index is 0.150. The molecule has 0 amide bonds. The normalized spacial score (nSPS) is 14.2. The predicted octanol–water partition coefficient (Wildman–Crippen LogP) is 15.1. The van der Waals surface area contributed by atoms with Gasteiger partial charge in [0.1, 0.15) is 0 Å². The smallest absolute Gasteiger partial charge is 0.0726 e. The van der Waals surface area contributed by atoms with Gasteiger partial charge in [0.25, 0.3) is 0 Å². The molecule has 3 aliphatic rings. The van der Waals surface area contributed by atoms with E-state index in [9.17, 15) is 0 Å². The Labute approximate surface area is 346 Å². The highest BCUT2D eigenvalue weighted by Crippen LogP contribution is 2.63. The summed E-state index contributed by atoms with van der Waals surface area (Å²) in [6.45, 7) is 4.76. The molecule has 0 fully saturated rings. The molecule has 0 unspecified atom stereocenters. The summed E-state index contributed by atoms with van der Waals surface area (Å²) in [5, 5.41) is 0. The number of rotatable bonds is 5. The van der Waals surface area contributed by atoms with Gasteiger partial charge in [-0.2, -0.15) is 0 Å². The third kappa shape index (κ3) is 4.67. The van der Waals surface area contributed by atoms with Crippen LogP contribution in [-0.4, -0.2) is 0 Å². The van der Waals surface area contributed by atoms with Crippen LogP contribution in [0.1, 0.15) is 47.2 Å². The zero-order valence-electron chi connectivity index (χ0n) is 33.2. The first-order valence-electron chi connectivity index (χ1n) is 20.8. The Kier molecular flexibility index (Phi) is 7.26. The molecule has 59 heavy (non-hydrogen) atoms. The van der Waals surface area contributed by atoms with E-state index in [0.717, 1.165) is 17.1 Å². The number of anilines is 3. The van der Waals surface area contributed by atoms with Crippen LogP contribution < -0.4 is 4.90 Å². The largest absolute Gasteiger partial charge is 0.310 e. The van der Waals surface area contributed by atoms with E-state index >= 15 is 0 Å². The van der Waals surface area contributed by atoms with Crippen molar-refractivity contribution < 1.29 is 0 Å². The maximum Gasteiger partial charge on any atom is 0.0726 e. The van der Waals surface area contributed by atoms with Crippen molar-refractivity contribution in [1.29, 1.82) is 0 Å². The maximum absolute atomic E-state index is 2.54. The molecule has 0 aromatic heterocycles. The summed E-state index contributed by atoms with van der Waals surface area (Å²) in [5.74, 6) is 0. The molecular weight excluding hydrogens is 711 g/mol. The van der Waals surface area contributed by atoms with Gasteiger partial charge in [-0.25, -0.2) is 0 Å². The molecule has 9 aromatic carbocycles. The first-order chi connectivity index (χ1) is 29.0. The molecule has 12 rings (SSSR count). The first-order valence-corrected chi connectivity index (χ1v) is 20.8. The summed E-state index contributed by atoms with van der Waals surface area (Å²) in [6, 6.07) is 79.3. The number of fused-ring (bicyclic) bond motifs is 13. The molecule has 0 saturated carbocycles. The first kappa shape index (κ1) is 33.9. The van der Waals surface area contributed by atoms with E-state index in [-0.39, 0.29) is 5.41 Å². The SMILES string of the molecule is CC1(C)c2ccccc2-c2ccc(N(c3ccc4c(c3)C3(c5ccccc5-c5ccccc53)c3ccccc3-4)c3cccc(-c4ccccc4)c3-c3ccccc3)cc21. The Bertz CT molecular complexity index is 3070. The number of hydrogen-bond donors (Lipinski definition) is 0. The van der Waals surface area contributed by atoms with Gasteiger partial charge in [-0.1, -0.05) is 196 Å². The molecule has 1 nitrogen and oxygen atoms in total. The monoisotopic (exact) mass is 751 g/mol. The van der Waals surface area contributed by atoms with Crippen LogP contribution in [0.5, 0.6) is 0 Å². The lowest BCUT2D eigenvalue weighted by molar-refractivity contribution is 0.660. The van der Waals surface area contributed by atoms with Gasteiger partial charge in [-0.3, -0.25) is 0 Å². The molecule has 0 saturated heterocycles. The van der Waals surface area contributed by atoms with Crippen LogP contribution in [0.15, 0.2) is 212 Å². The van der Waals surface area contributed by atoms with Gasteiger partial charge in [0, 0.05) is 22.4 Å². The van der Waals surface area contributed by atoms with Gasteiger partial charge in [0.15, 0.2) is 0 Å². The van der Waals surface area contributed by atoms with Crippen molar-refractivity contribution in [2.75, 3.05) is 4.90 Å². The standard InChI is InChI=1S/C58H41N/c1-57(2)49-27-13-9-22-43(49)47-34-32-40(36-53(47)57)59(55-31-17-26-42(38-18-5-3-6-19-38)56(55)39-20-7-4-8-21-39)41-33-35-48-46-25-12-16-30-52(46)58(54(48)37-41)50-28-14-10-23-44(50)45-24-11-15-29-51(45)58/h3-37H,1-2H3. The van der Waals surface area contributed by atoms with Crippen LogP contribution in [0.3, 0.4) is 0 Å². The van der Waals surface area contributed by atoms with Crippen LogP contribution in [0.2, 0.25) is 0 Å². The quantitative estimate of drug-likeness (QED) is 0.169. The molecule has 9 aromatic rings. The van der Waals surface area contributed by atoms with Crippen LogP contribution >= 0.6 is 0 Å². The topological polar surface area (TPSA) is 3.24 Å². The third-order valence-corrected chi connectivity index (χ3v) is 13.5. The molecule has 0 heterocycles. The Balaban J connectivity index is 1.17. The highest BCUT2D eigenvalue weighted by Gasteiger charge is 2.51. The minimum Gasteiger partial charge on any atom is -0.310 e. The summed E-state index contributed by atoms with van der Waals surface area (Å²) in [6.07, 6.45) is 0. The maximum atomic E-state index is 2.54. The molecule has 0 atom stereocenters. The zero-order valence-corrected chi connectivity index (χ0v) is 33.2. The summed E-state index contributed by atoms with van der Waals surface area (Å²) in [4.78, 5) is 2.54. The van der Waals surface area contributed by atoms with Crippen molar-refractivity contribution in [3.05, 3.63) is 246 Å². The van der Waals surface area contributed by atoms with E-state index in [1.54, 1.807) is 0 Å². The number of hydrogen-bond acceptors (Lipinski definition) is 1. The lowest BCUT2D eigenvalue weighted by atomic mass is 9.70. The Morgan fingerprint density at radius 1 is 0.305 bits per heavy atom. The second-order valence-corrected chi connectivity index (χ2v) is 16.8. The Morgan fingerprint density at radius 3 is 1.27 bits per heavy atom. The van der Waals surface area contributed by atoms with E-state index in [0.29, 0.717) is 0 Å². The highest BCUT2D eigenvalue weighted by molar-refractivity contribution is 6.00. The lowest BCUT2D eigenvalue weighted by Crippen LogP contribution is -2.26. The van der Waals surface area contributed by atoms with Crippen LogP contribution in [-0.2, 0) is 10.8 Å². The van der Waals surface area contributed by atoms with Crippen LogP contribution in [0, 0.1) is 0 Å². The van der Waals surface area contributed by atoms with Crippen molar-refractivity contribution in [2.45, 2.75) is 24.7 Å². The van der Waals surface area contributed by atoms with Crippen molar-refractivity contribution in [1.82, 2.24) is 0 Å². The Hall–Kier alpha value is -7.22. The lowest BCUT2D eigenvalue weighted by Gasteiger charge is -2.33. The molecule has 1 spiro atoms. The third-order valence-electron chi connectivity index (χ3n) is 13.5. The van der Waals surface area contributed by atoms with Gasteiger partial charge in [0.05, 0.1) is 11.1 Å². The predicted molar refractivity (Wildman–Crippen MR) is 246 cm³/mol. The fourth-order valence-corrected chi connectivity index (χ4v) is 11.0. The second kappa shape index (κ2) is 12.6. The fraction of sp³-hybridized carbons (Fsp3) is 0.0690. The Morgan fingerprint density at radius 2 is 0.712 bits per heavy atom. The summed E-state index contributed by atoms with van der Waals surface area (Å²) in [5.41, 5.74) is 23.6. The van der Waals surface area contributed by atoms with Gasteiger partial charge in [-0.05, 0) is 114 Å². The summed E-state index contributed by atoms with van der Waals surface area (Å²) >= 11 is 0. The van der Waals surface area contributed by atoms with E-state index in [4.69, 9.17) is 0 Å². The fourth-order valence-electron chi connectivity index (χ4n) is 11.0. The van der Waals surface area contributed by atoms with Crippen molar-refractivity contribution in [3.63, 3.8) is 0 Å². The molecular formula is C58H41N. The van der Waals surface area contributed by atoms with Gasteiger partial charge in [0.2, 0.25) is 0 Å². The van der Waals surface area contributed by atoms with Gasteiger partial charge < -0.3 is 4.90 Å². The zero-order chi connectivity index (χ0) is 39.3. The van der Waals surface area contributed by atoms with Crippen LogP contribution in [0.25, 0.3) is 55.6 Å². The van der Waals surface area contributed by atoms with Crippen molar-refractivity contribution in [2.24, 2.45) is 0 Å². The molecule has 278 valence electrons. The molecule has 0 N–H and O–H groups in total. The van der Waals surface area contributed by atoms with Crippen molar-refractivity contribution in [3.8, 4) is 55.6 Å². The van der Waals surface area contributed by atoms with Gasteiger partial charge in [-0.15, -0.1) is 0 Å². The molecule has 0 aliphatic heterocycles. The summed E-state index contributed by atoms with van der Waals surface area (Å²) in [7, 11) is 0.